The van der Waals surface area contributed by atoms with Crippen molar-refractivity contribution >= 4 is 17.6 Å². The van der Waals surface area contributed by atoms with E-state index >= 15 is 0 Å². The fourth-order valence-corrected chi connectivity index (χ4v) is 4.31. The minimum Gasteiger partial charge on any atom is -0.466 e. The molecule has 166 valence electrons. The van der Waals surface area contributed by atoms with Crippen molar-refractivity contribution in [3.63, 3.8) is 0 Å². The number of carbonyl (C=O) groups is 2. The molecule has 1 saturated carbocycles. The number of ether oxygens (including phenoxy) is 2. The number of allylic oxidation sites excluding steroid dienone is 2. The Morgan fingerprint density at radius 1 is 1.19 bits per heavy atom. The molecule has 0 saturated heterocycles. The van der Waals surface area contributed by atoms with Gasteiger partial charge >= 0.3 is 11.9 Å². The lowest BCUT2D eigenvalue weighted by molar-refractivity contribution is -0.385. The fourth-order valence-electron chi connectivity index (χ4n) is 4.31. The van der Waals surface area contributed by atoms with E-state index in [0.29, 0.717) is 11.3 Å². The maximum atomic E-state index is 13.9. The molecule has 1 fully saturated rings. The van der Waals surface area contributed by atoms with Crippen LogP contribution < -0.4 is 5.32 Å². The zero-order valence-corrected chi connectivity index (χ0v) is 17.7. The summed E-state index contributed by atoms with van der Waals surface area (Å²) in [4.78, 5) is 36.8. The van der Waals surface area contributed by atoms with Crippen LogP contribution in [0.25, 0.3) is 0 Å². The van der Waals surface area contributed by atoms with Crippen molar-refractivity contribution in [3.05, 3.63) is 62.0 Å². The number of hydrogen-bond acceptors (Lipinski definition) is 7. The Kier molecular flexibility index (Phi) is 6.72. The normalized spacial score (nSPS) is 19.3. The average Bonchev–Trinajstić information content (AvgIpc) is 3.25. The lowest BCUT2D eigenvalue weighted by atomic mass is 9.78. The summed E-state index contributed by atoms with van der Waals surface area (Å²) >= 11 is 0. The highest BCUT2D eigenvalue weighted by atomic mass is 19.1. The molecule has 1 N–H and O–H groups in total. The Hall–Kier alpha value is -3.23. The molecule has 3 rings (SSSR count). The number of dihydropyridines is 1. The Morgan fingerprint density at radius 3 is 2.45 bits per heavy atom. The molecular formula is C22H25FN2O6. The van der Waals surface area contributed by atoms with Crippen molar-refractivity contribution in [2.24, 2.45) is 0 Å². The van der Waals surface area contributed by atoms with Crippen LogP contribution in [-0.4, -0.2) is 36.8 Å². The Morgan fingerprint density at radius 2 is 1.87 bits per heavy atom. The molecule has 0 amide bonds. The lowest BCUT2D eigenvalue weighted by Crippen LogP contribution is -2.34. The van der Waals surface area contributed by atoms with Crippen LogP contribution in [0.4, 0.5) is 10.1 Å². The molecule has 9 heteroatoms. The third-order valence-electron chi connectivity index (χ3n) is 5.83. The van der Waals surface area contributed by atoms with Crippen molar-refractivity contribution < 1.29 is 28.4 Å². The first-order valence-corrected chi connectivity index (χ1v) is 10.1. The molecule has 0 aromatic heterocycles. The van der Waals surface area contributed by atoms with Crippen LogP contribution in [0.5, 0.6) is 0 Å². The second kappa shape index (κ2) is 9.28. The van der Waals surface area contributed by atoms with E-state index in [1.807, 2.05) is 0 Å². The summed E-state index contributed by atoms with van der Waals surface area (Å²) in [5.74, 6) is -2.52. The molecule has 1 atom stereocenters. The number of nitrogens with zero attached hydrogens (tertiary/aromatic N) is 1. The van der Waals surface area contributed by atoms with Gasteiger partial charge in [-0.3, -0.25) is 10.1 Å². The molecule has 1 heterocycles. The van der Waals surface area contributed by atoms with Crippen molar-refractivity contribution in [1.29, 1.82) is 0 Å². The number of hydrogen-bond donors (Lipinski definition) is 1. The molecule has 31 heavy (non-hydrogen) atoms. The molecule has 1 unspecified atom stereocenters. The molecular weight excluding hydrogens is 407 g/mol. The molecule has 1 aromatic carbocycles. The van der Waals surface area contributed by atoms with Crippen LogP contribution >= 0.6 is 0 Å². The predicted octanol–water partition coefficient (Wildman–Crippen LogP) is 3.75. The van der Waals surface area contributed by atoms with Crippen molar-refractivity contribution in [2.45, 2.75) is 51.6 Å². The summed E-state index contributed by atoms with van der Waals surface area (Å²) in [6.45, 7) is 2.13. The highest BCUT2D eigenvalue weighted by Gasteiger charge is 2.41. The molecule has 0 radical (unpaired) electrons. The van der Waals surface area contributed by atoms with Crippen LogP contribution in [0.15, 0.2) is 40.7 Å². The largest absolute Gasteiger partial charge is 0.466 e. The predicted molar refractivity (Wildman–Crippen MR) is 110 cm³/mol. The number of carbonyl (C=O) groups excluding carboxylic acids is 2. The molecule has 1 aromatic rings. The average molecular weight is 432 g/mol. The highest BCUT2D eigenvalue weighted by Crippen LogP contribution is 2.42. The van der Waals surface area contributed by atoms with E-state index in [9.17, 15) is 24.1 Å². The van der Waals surface area contributed by atoms with Gasteiger partial charge in [0.25, 0.3) is 5.69 Å². The van der Waals surface area contributed by atoms with Gasteiger partial charge in [0.2, 0.25) is 0 Å². The van der Waals surface area contributed by atoms with E-state index in [2.05, 4.69) is 5.32 Å². The zero-order valence-electron chi connectivity index (χ0n) is 17.7. The number of methoxy groups -OCH3 is 1. The molecule has 0 spiro atoms. The van der Waals surface area contributed by atoms with Crippen LogP contribution in [0, 0.1) is 17.0 Å². The highest BCUT2D eigenvalue weighted by molar-refractivity contribution is 6.00. The Balaban J connectivity index is 2.19. The van der Waals surface area contributed by atoms with Gasteiger partial charge in [-0.25, -0.2) is 14.0 Å². The first-order chi connectivity index (χ1) is 14.8. The van der Waals surface area contributed by atoms with Gasteiger partial charge in [0.05, 0.1) is 34.8 Å². The van der Waals surface area contributed by atoms with Gasteiger partial charge in [-0.05, 0) is 45.1 Å². The molecule has 2 aliphatic rings. The Labute approximate surface area is 179 Å². The number of nitrogens with one attached hydrogen (secondary N) is 1. The quantitative estimate of drug-likeness (QED) is 0.414. The number of nitro groups is 1. The number of rotatable bonds is 6. The second-order valence-electron chi connectivity index (χ2n) is 7.67. The first-order valence-electron chi connectivity index (χ1n) is 10.1. The topological polar surface area (TPSA) is 108 Å². The standard InChI is InChI=1S/C22H25FN2O6/c1-12-15(9-6-10-17(12)25(28)29)19-18(22(27)31-14-7-4-5-8-14)13(2)24-16(11-23)20(19)21(26)30-3/h6,9-10,14,19,24H,4-5,7-8,11H2,1-3H3. The van der Waals surface area contributed by atoms with E-state index in [4.69, 9.17) is 9.47 Å². The summed E-state index contributed by atoms with van der Waals surface area (Å²) in [6.07, 6.45) is 3.19. The van der Waals surface area contributed by atoms with E-state index in [1.54, 1.807) is 13.0 Å². The maximum Gasteiger partial charge on any atom is 0.337 e. The maximum absolute atomic E-state index is 13.9. The molecule has 1 aliphatic heterocycles. The van der Waals surface area contributed by atoms with Crippen LogP contribution in [0.2, 0.25) is 0 Å². The lowest BCUT2D eigenvalue weighted by Gasteiger charge is -2.31. The van der Waals surface area contributed by atoms with Gasteiger partial charge < -0.3 is 14.8 Å². The SMILES string of the molecule is COC(=O)C1=C(CF)NC(C)=C(C(=O)OC2CCCC2)C1c1cccc([N+](=O)[O-])c1C. The summed E-state index contributed by atoms with van der Waals surface area (Å²) < 4.78 is 24.4. The van der Waals surface area contributed by atoms with E-state index in [-0.39, 0.29) is 34.2 Å². The summed E-state index contributed by atoms with van der Waals surface area (Å²) in [7, 11) is 1.16. The monoisotopic (exact) mass is 432 g/mol. The van der Waals surface area contributed by atoms with Crippen LogP contribution in [0.1, 0.15) is 49.7 Å². The third kappa shape index (κ3) is 4.30. The number of esters is 2. The minimum atomic E-state index is -1.06. The second-order valence-corrected chi connectivity index (χ2v) is 7.67. The number of halogens is 1. The van der Waals surface area contributed by atoms with E-state index < -0.39 is 29.5 Å². The van der Waals surface area contributed by atoms with Gasteiger partial charge in [-0.1, -0.05) is 12.1 Å². The van der Waals surface area contributed by atoms with Crippen LogP contribution in [-0.2, 0) is 19.1 Å². The molecule has 1 aliphatic carbocycles. The van der Waals surface area contributed by atoms with E-state index in [0.717, 1.165) is 32.8 Å². The summed E-state index contributed by atoms with van der Waals surface area (Å²) in [6, 6.07) is 4.40. The van der Waals surface area contributed by atoms with Gasteiger partial charge in [0.15, 0.2) is 0 Å². The van der Waals surface area contributed by atoms with Gasteiger partial charge in [-0.2, -0.15) is 0 Å². The number of benzene rings is 1. The van der Waals surface area contributed by atoms with Gasteiger partial charge in [-0.15, -0.1) is 0 Å². The molecule has 0 bridgehead atoms. The smallest absolute Gasteiger partial charge is 0.337 e. The fraction of sp³-hybridized carbons (Fsp3) is 0.455. The van der Waals surface area contributed by atoms with Gasteiger partial charge in [0, 0.05) is 17.3 Å². The zero-order chi connectivity index (χ0) is 22.7. The van der Waals surface area contributed by atoms with Crippen molar-refractivity contribution in [3.8, 4) is 0 Å². The van der Waals surface area contributed by atoms with Crippen LogP contribution in [0.3, 0.4) is 0 Å². The third-order valence-corrected chi connectivity index (χ3v) is 5.83. The number of alkyl halides is 1. The Bertz CT molecular complexity index is 978. The van der Waals surface area contributed by atoms with Crippen molar-refractivity contribution in [1.82, 2.24) is 5.32 Å². The summed E-state index contributed by atoms with van der Waals surface area (Å²) in [5.41, 5.74) is 0.767. The number of nitro benzene ring substituents is 1. The van der Waals surface area contributed by atoms with Gasteiger partial charge in [0.1, 0.15) is 12.8 Å². The minimum absolute atomic E-state index is 0.0438. The first kappa shape index (κ1) is 22.5. The van der Waals surface area contributed by atoms with E-state index in [1.165, 1.54) is 19.1 Å². The molecule has 8 nitrogen and oxygen atoms in total. The van der Waals surface area contributed by atoms with Crippen molar-refractivity contribution in [2.75, 3.05) is 13.8 Å². The summed E-state index contributed by atoms with van der Waals surface area (Å²) in [5, 5.41) is 14.3.